The Labute approximate surface area is 136 Å². The molecule has 0 aromatic heterocycles. The Morgan fingerprint density at radius 3 is 2.79 bits per heavy atom. The van der Waals surface area contributed by atoms with Gasteiger partial charge in [0.25, 0.3) is 0 Å². The Hall–Kier alpha value is -1.10. The van der Waals surface area contributed by atoms with E-state index in [4.69, 9.17) is 25.3 Å². The van der Waals surface area contributed by atoms with Gasteiger partial charge in [-0.1, -0.05) is 25.8 Å². The molecule has 0 aliphatic rings. The van der Waals surface area contributed by atoms with Gasteiger partial charge in [0.15, 0.2) is 0 Å². The molecule has 0 radical (unpaired) electrons. The van der Waals surface area contributed by atoms with E-state index in [9.17, 15) is 5.11 Å². The zero-order valence-electron chi connectivity index (χ0n) is 25.2. The molecule has 4 heteroatoms. The zero-order chi connectivity index (χ0) is 27.2. The number of methoxy groups -OCH3 is 1. The van der Waals surface area contributed by atoms with Crippen molar-refractivity contribution in [2.75, 3.05) is 26.7 Å². The average molecular weight is 282 g/mol. The lowest BCUT2D eigenvalue weighted by molar-refractivity contribution is 0.104. The molecular weight excluding hydrogens is 242 g/mol. The third-order valence-corrected chi connectivity index (χ3v) is 1.77. The summed E-state index contributed by atoms with van der Waals surface area (Å²) in [6.45, 7) is -16.7. The second-order valence-corrected chi connectivity index (χ2v) is 3.22. The number of rotatable bonds is 9. The van der Waals surface area contributed by atoms with E-state index in [1.165, 1.54) is 5.32 Å². The van der Waals surface area contributed by atoms with Gasteiger partial charge in [-0.25, -0.2) is 0 Å². The van der Waals surface area contributed by atoms with Crippen molar-refractivity contribution in [3.63, 3.8) is 0 Å². The lowest BCUT2D eigenvalue weighted by Gasteiger charge is -2.15. The highest BCUT2D eigenvalue weighted by atomic mass is 16.5. The fourth-order valence-corrected chi connectivity index (χ4v) is 1.01. The largest absolute Gasteiger partial charge is 0.491 e. The molecule has 0 saturated heterocycles. The van der Waals surface area contributed by atoms with Crippen LogP contribution in [0.15, 0.2) is 24.3 Å². The number of aryl methyl sites for hydroxylation is 1. The lowest BCUT2D eigenvalue weighted by Crippen LogP contribution is -2.35. The first-order chi connectivity index (χ1) is 14.9. The van der Waals surface area contributed by atoms with Crippen molar-refractivity contribution in [2.24, 2.45) is 0 Å². The Morgan fingerprint density at radius 1 is 1.42 bits per heavy atom. The second-order valence-electron chi connectivity index (χ2n) is 3.22. The van der Waals surface area contributed by atoms with E-state index >= 15 is 0 Å². The van der Waals surface area contributed by atoms with E-state index in [1.54, 1.807) is 0 Å². The lowest BCUT2D eigenvalue weighted by atomic mass is 10.1. The minimum Gasteiger partial charge on any atom is -0.491 e. The first-order valence-electron chi connectivity index (χ1n) is 12.7. The first kappa shape index (κ1) is 4.72. The van der Waals surface area contributed by atoms with Crippen LogP contribution in [0.3, 0.4) is 0 Å². The Morgan fingerprint density at radius 2 is 2.16 bits per heavy atom. The summed E-state index contributed by atoms with van der Waals surface area (Å²) in [5, 5.41) is 11.7. The van der Waals surface area contributed by atoms with Gasteiger partial charge in [-0.2, -0.15) is 0 Å². The SMILES string of the molecule is [2H]C([2H])(NC([2H])(C([2H])([2H])[2H])C([2H])([2H])[2H])C(O)C([2H])([2H])Oc1ccc(C([2H])([2H])C([2H])([2H])OC)cc1. The fourth-order valence-electron chi connectivity index (χ4n) is 1.01. The summed E-state index contributed by atoms with van der Waals surface area (Å²) < 4.78 is 124. The summed E-state index contributed by atoms with van der Waals surface area (Å²) in [6.07, 6.45) is -5.47. The maximum Gasteiger partial charge on any atom is 0.119 e. The van der Waals surface area contributed by atoms with E-state index in [2.05, 4.69) is 4.74 Å². The van der Waals surface area contributed by atoms with Crippen LogP contribution in [0.1, 0.15) is 39.8 Å². The van der Waals surface area contributed by atoms with E-state index in [0.717, 1.165) is 31.4 Å². The van der Waals surface area contributed by atoms with Crippen molar-refractivity contribution in [3.05, 3.63) is 29.8 Å². The van der Waals surface area contributed by atoms with Crippen molar-refractivity contribution < 1.29 is 35.1 Å². The molecule has 0 fully saturated rings. The van der Waals surface area contributed by atoms with Crippen molar-refractivity contribution in [2.45, 2.75) is 32.2 Å². The first-order valence-corrected chi connectivity index (χ1v) is 5.18. The summed E-state index contributed by atoms with van der Waals surface area (Å²) in [5.41, 5.74) is -0.209. The van der Waals surface area contributed by atoms with E-state index in [0.29, 0.717) is 0 Å². The minimum atomic E-state index is -3.60. The van der Waals surface area contributed by atoms with Crippen LogP contribution < -0.4 is 10.1 Å². The molecule has 0 aliphatic heterocycles. The molecule has 1 unspecified atom stereocenters. The molecule has 0 spiro atoms. The van der Waals surface area contributed by atoms with Crippen molar-refractivity contribution in [3.8, 4) is 5.75 Å². The van der Waals surface area contributed by atoms with Gasteiger partial charge in [0.05, 0.1) is 12.0 Å². The van der Waals surface area contributed by atoms with Gasteiger partial charge in [0.2, 0.25) is 0 Å². The standard InChI is InChI=1S/C15H25NO3/c1-12(2)16-10-14(17)11-19-15-6-4-13(5-7-15)8-9-18-3/h4-7,12,14,16-17H,8-11H2,1-3H3/i1D3,2D3,8D2,9D2,10D2,11D2,12D. The van der Waals surface area contributed by atoms with Gasteiger partial charge in [0, 0.05) is 34.7 Å². The number of ether oxygens (including phenoxy) is 2. The Bertz CT molecular complexity index is 821. The van der Waals surface area contributed by atoms with Crippen LogP contribution in [-0.2, 0) is 11.1 Å². The molecule has 0 heterocycles. The third kappa shape index (κ3) is 7.15. The number of nitrogens with one attached hydrogen (secondary N) is 1. The maximum atomic E-state index is 10.3. The normalized spacial score (nSPS) is 29.3. The van der Waals surface area contributed by atoms with Crippen LogP contribution in [0, 0.1) is 0 Å². The Balaban J connectivity index is 3.19. The molecule has 1 aromatic carbocycles. The molecule has 0 bridgehead atoms. The molecular formula is C15H25NO3. The van der Waals surface area contributed by atoms with Crippen molar-refractivity contribution >= 4 is 0 Å². The number of benzene rings is 1. The summed E-state index contributed by atoms with van der Waals surface area (Å²) in [5.74, 6) is -0.360. The minimum absolute atomic E-state index is 0.209. The van der Waals surface area contributed by atoms with Crippen LogP contribution in [0.4, 0.5) is 0 Å². The maximum absolute atomic E-state index is 10.3. The second kappa shape index (κ2) is 8.91. The van der Waals surface area contributed by atoms with Crippen LogP contribution in [0.25, 0.3) is 0 Å². The van der Waals surface area contributed by atoms with Crippen LogP contribution in [0.5, 0.6) is 5.75 Å². The molecule has 1 rings (SSSR count). The topological polar surface area (TPSA) is 50.7 Å². The summed E-state index contributed by atoms with van der Waals surface area (Å²) in [7, 11) is 0.969. The predicted molar refractivity (Wildman–Crippen MR) is 76.7 cm³/mol. The number of hydrogen-bond acceptors (Lipinski definition) is 4. The number of hydrogen-bond donors (Lipinski definition) is 2. The van der Waals surface area contributed by atoms with Gasteiger partial charge >= 0.3 is 0 Å². The van der Waals surface area contributed by atoms with Crippen LogP contribution >= 0.6 is 0 Å². The summed E-state index contributed by atoms with van der Waals surface area (Å²) in [6, 6.07) is 0.492. The molecule has 0 saturated carbocycles. The van der Waals surface area contributed by atoms with E-state index in [1.807, 2.05) is 0 Å². The molecule has 108 valence electrons. The average Bonchev–Trinajstić information content (AvgIpc) is 2.65. The van der Waals surface area contributed by atoms with Gasteiger partial charge < -0.3 is 19.9 Å². The monoisotopic (exact) mass is 282 g/mol. The molecule has 1 aromatic rings. The van der Waals surface area contributed by atoms with Crippen molar-refractivity contribution in [1.82, 2.24) is 5.32 Å². The van der Waals surface area contributed by atoms with E-state index in [-0.39, 0.29) is 11.3 Å². The summed E-state index contributed by atoms with van der Waals surface area (Å²) >= 11 is 0. The summed E-state index contributed by atoms with van der Waals surface area (Å²) in [4.78, 5) is 0. The zero-order valence-corrected chi connectivity index (χ0v) is 10.2. The fraction of sp³-hybridized carbons (Fsp3) is 0.600. The smallest absolute Gasteiger partial charge is 0.119 e. The van der Waals surface area contributed by atoms with Crippen LogP contribution in [0.2, 0.25) is 0 Å². The van der Waals surface area contributed by atoms with Gasteiger partial charge in [-0.15, -0.1) is 0 Å². The highest BCUT2D eigenvalue weighted by molar-refractivity contribution is 5.27. The molecule has 0 aliphatic carbocycles. The Kier molecular flexibility index (Phi) is 2.21. The van der Waals surface area contributed by atoms with E-state index < -0.39 is 51.8 Å². The molecule has 1 atom stereocenters. The third-order valence-electron chi connectivity index (χ3n) is 1.77. The van der Waals surface area contributed by atoms with Gasteiger partial charge in [-0.05, 0) is 24.1 Å². The molecule has 2 N–H and O–H groups in total. The predicted octanol–water partition coefficient (Wildman–Crippen LogP) is 1.61. The number of aliphatic hydroxyl groups is 1. The molecule has 4 nitrogen and oxygen atoms in total. The highest BCUT2D eigenvalue weighted by Gasteiger charge is 2.05. The quantitative estimate of drug-likeness (QED) is 0.722. The highest BCUT2D eigenvalue weighted by Crippen LogP contribution is 2.12. The molecule has 0 amide bonds. The van der Waals surface area contributed by atoms with Gasteiger partial charge in [-0.3, -0.25) is 0 Å². The van der Waals surface area contributed by atoms with Crippen LogP contribution in [-0.4, -0.2) is 44.0 Å². The molecule has 19 heavy (non-hydrogen) atoms. The van der Waals surface area contributed by atoms with Gasteiger partial charge in [0.1, 0.15) is 18.4 Å². The van der Waals surface area contributed by atoms with Crippen molar-refractivity contribution in [1.29, 1.82) is 0 Å². The number of aliphatic hydroxyl groups excluding tert-OH is 1.